The molecule has 0 aromatic heterocycles. The van der Waals surface area contributed by atoms with Gasteiger partial charge in [-0.2, -0.15) is 0 Å². The molecule has 2 atom stereocenters. The summed E-state index contributed by atoms with van der Waals surface area (Å²) in [4.78, 5) is 0. The lowest BCUT2D eigenvalue weighted by Gasteiger charge is -2.27. The van der Waals surface area contributed by atoms with E-state index in [1.807, 2.05) is 0 Å². The van der Waals surface area contributed by atoms with Gasteiger partial charge in [-0.05, 0) is 50.8 Å². The molecule has 21 heavy (non-hydrogen) atoms. The van der Waals surface area contributed by atoms with E-state index in [1.54, 1.807) is 0 Å². The number of ether oxygens (including phenoxy) is 1. The summed E-state index contributed by atoms with van der Waals surface area (Å²) in [5.74, 6) is 0.610. The number of nitrogens with one attached hydrogen (secondary N) is 1. The number of hydrogen-bond donors (Lipinski definition) is 1. The minimum Gasteiger partial charge on any atom is -0.372 e. The summed E-state index contributed by atoms with van der Waals surface area (Å²) in [6.07, 6.45) is 2.53. The SMILES string of the molecule is CCCC(C)COC(CNC(C)(C)C)c1cccc(Br)c1. The fourth-order valence-corrected chi connectivity index (χ4v) is 2.65. The van der Waals surface area contributed by atoms with Crippen LogP contribution in [0, 0.1) is 5.92 Å². The van der Waals surface area contributed by atoms with Crippen LogP contribution in [0.2, 0.25) is 0 Å². The maximum absolute atomic E-state index is 6.21. The predicted molar refractivity (Wildman–Crippen MR) is 94.7 cm³/mol. The van der Waals surface area contributed by atoms with Gasteiger partial charge >= 0.3 is 0 Å². The molecule has 0 saturated heterocycles. The van der Waals surface area contributed by atoms with Crippen molar-refractivity contribution in [2.24, 2.45) is 5.92 Å². The molecule has 1 aromatic rings. The summed E-state index contributed by atoms with van der Waals surface area (Å²) in [5.41, 5.74) is 1.33. The van der Waals surface area contributed by atoms with Gasteiger partial charge in [0.05, 0.1) is 12.7 Å². The molecule has 2 nitrogen and oxygen atoms in total. The lowest BCUT2D eigenvalue weighted by molar-refractivity contribution is 0.0264. The number of rotatable bonds is 8. The quantitative estimate of drug-likeness (QED) is 0.680. The monoisotopic (exact) mass is 355 g/mol. The Kier molecular flexibility index (Phi) is 7.93. The summed E-state index contributed by atoms with van der Waals surface area (Å²) in [7, 11) is 0. The molecule has 0 saturated carbocycles. The lowest BCUT2D eigenvalue weighted by atomic mass is 10.0. The first kappa shape index (κ1) is 18.7. The maximum Gasteiger partial charge on any atom is 0.0949 e. The molecule has 2 unspecified atom stereocenters. The molecule has 0 bridgehead atoms. The van der Waals surface area contributed by atoms with E-state index < -0.39 is 0 Å². The summed E-state index contributed by atoms with van der Waals surface area (Å²) in [6.45, 7) is 12.7. The average Bonchev–Trinajstić information content (AvgIpc) is 2.37. The molecule has 0 aliphatic carbocycles. The summed E-state index contributed by atoms with van der Waals surface area (Å²) >= 11 is 3.55. The molecule has 0 aliphatic heterocycles. The van der Waals surface area contributed by atoms with Gasteiger partial charge in [0, 0.05) is 16.6 Å². The molecule has 3 heteroatoms. The van der Waals surface area contributed by atoms with Crippen molar-refractivity contribution < 1.29 is 4.74 Å². The van der Waals surface area contributed by atoms with Crippen LogP contribution in [0.3, 0.4) is 0 Å². The third-order valence-corrected chi connectivity index (χ3v) is 3.89. The van der Waals surface area contributed by atoms with Gasteiger partial charge in [0.2, 0.25) is 0 Å². The van der Waals surface area contributed by atoms with E-state index in [2.05, 4.69) is 80.1 Å². The van der Waals surface area contributed by atoms with Crippen molar-refractivity contribution >= 4 is 15.9 Å². The number of hydrogen-bond acceptors (Lipinski definition) is 2. The molecule has 0 spiro atoms. The standard InChI is InChI=1S/C18H30BrNO/c1-6-8-14(2)13-21-17(12-20-18(3,4)5)15-9-7-10-16(19)11-15/h7,9-11,14,17,20H,6,8,12-13H2,1-5H3. The van der Waals surface area contributed by atoms with Crippen molar-refractivity contribution in [3.63, 3.8) is 0 Å². The molecule has 1 aromatic carbocycles. The van der Waals surface area contributed by atoms with E-state index in [9.17, 15) is 0 Å². The minimum atomic E-state index is 0.0982. The Morgan fingerprint density at radius 3 is 2.57 bits per heavy atom. The van der Waals surface area contributed by atoms with Crippen LogP contribution < -0.4 is 5.32 Å². The van der Waals surface area contributed by atoms with Crippen LogP contribution in [0.15, 0.2) is 28.7 Å². The van der Waals surface area contributed by atoms with Crippen molar-refractivity contribution in [3.05, 3.63) is 34.3 Å². The Morgan fingerprint density at radius 2 is 2.00 bits per heavy atom. The Bertz CT molecular complexity index is 414. The maximum atomic E-state index is 6.21. The van der Waals surface area contributed by atoms with Crippen molar-refractivity contribution in [2.45, 2.75) is 59.1 Å². The second kappa shape index (κ2) is 8.92. The minimum absolute atomic E-state index is 0.0982. The molecule has 1 rings (SSSR count). The van der Waals surface area contributed by atoms with Crippen LogP contribution in [0.1, 0.15) is 59.1 Å². The van der Waals surface area contributed by atoms with Gasteiger partial charge in [0.1, 0.15) is 0 Å². The van der Waals surface area contributed by atoms with Crippen LogP contribution in [-0.4, -0.2) is 18.7 Å². The third kappa shape index (κ3) is 7.98. The Morgan fingerprint density at radius 1 is 1.29 bits per heavy atom. The topological polar surface area (TPSA) is 21.3 Å². The van der Waals surface area contributed by atoms with Crippen LogP contribution >= 0.6 is 15.9 Å². The van der Waals surface area contributed by atoms with Crippen molar-refractivity contribution in [1.82, 2.24) is 5.32 Å². The van der Waals surface area contributed by atoms with Gasteiger partial charge < -0.3 is 10.1 Å². The van der Waals surface area contributed by atoms with Gasteiger partial charge in [0.25, 0.3) is 0 Å². The Balaban J connectivity index is 2.70. The molecule has 120 valence electrons. The van der Waals surface area contributed by atoms with E-state index in [1.165, 1.54) is 18.4 Å². The van der Waals surface area contributed by atoms with E-state index in [-0.39, 0.29) is 11.6 Å². The fraction of sp³-hybridized carbons (Fsp3) is 0.667. The highest BCUT2D eigenvalue weighted by Gasteiger charge is 2.17. The van der Waals surface area contributed by atoms with E-state index in [0.29, 0.717) is 5.92 Å². The largest absolute Gasteiger partial charge is 0.372 e. The third-order valence-electron chi connectivity index (χ3n) is 3.40. The van der Waals surface area contributed by atoms with Crippen LogP contribution in [0.25, 0.3) is 0 Å². The highest BCUT2D eigenvalue weighted by atomic mass is 79.9. The van der Waals surface area contributed by atoms with E-state index in [4.69, 9.17) is 4.74 Å². The summed E-state index contributed by atoms with van der Waals surface area (Å²) in [6, 6.07) is 8.42. The Hall–Kier alpha value is -0.380. The van der Waals surface area contributed by atoms with Crippen molar-refractivity contribution in [2.75, 3.05) is 13.2 Å². The van der Waals surface area contributed by atoms with Gasteiger partial charge in [-0.25, -0.2) is 0 Å². The normalized spacial score (nSPS) is 15.0. The molecular formula is C18H30BrNO. The first-order chi connectivity index (χ1) is 9.81. The lowest BCUT2D eigenvalue weighted by Crippen LogP contribution is -2.39. The van der Waals surface area contributed by atoms with Gasteiger partial charge in [-0.1, -0.05) is 48.3 Å². The van der Waals surface area contributed by atoms with E-state index in [0.717, 1.165) is 17.6 Å². The summed E-state index contributed by atoms with van der Waals surface area (Å²) < 4.78 is 7.31. The van der Waals surface area contributed by atoms with Crippen molar-refractivity contribution in [3.8, 4) is 0 Å². The van der Waals surface area contributed by atoms with Gasteiger partial charge in [0.15, 0.2) is 0 Å². The molecule has 0 fully saturated rings. The second-order valence-corrected chi connectivity index (χ2v) is 7.82. The van der Waals surface area contributed by atoms with Crippen molar-refractivity contribution in [1.29, 1.82) is 0 Å². The highest BCUT2D eigenvalue weighted by Crippen LogP contribution is 2.23. The molecule has 0 aliphatic rings. The number of benzene rings is 1. The Labute approximate surface area is 138 Å². The van der Waals surface area contributed by atoms with Gasteiger partial charge in [-0.15, -0.1) is 0 Å². The van der Waals surface area contributed by atoms with Gasteiger partial charge in [-0.3, -0.25) is 0 Å². The molecular weight excluding hydrogens is 326 g/mol. The zero-order valence-corrected chi connectivity index (χ0v) is 15.7. The van der Waals surface area contributed by atoms with Crippen LogP contribution in [0.4, 0.5) is 0 Å². The van der Waals surface area contributed by atoms with E-state index >= 15 is 0 Å². The number of halogens is 1. The van der Waals surface area contributed by atoms with Crippen LogP contribution in [-0.2, 0) is 4.74 Å². The predicted octanol–water partition coefficient (Wildman–Crippen LogP) is 5.33. The first-order valence-corrected chi connectivity index (χ1v) is 8.73. The first-order valence-electron chi connectivity index (χ1n) is 7.94. The fourth-order valence-electron chi connectivity index (χ4n) is 2.24. The molecule has 0 radical (unpaired) electrons. The molecule has 0 heterocycles. The summed E-state index contributed by atoms with van der Waals surface area (Å²) in [5, 5.41) is 3.56. The molecule has 0 amide bonds. The zero-order valence-electron chi connectivity index (χ0n) is 14.1. The smallest absolute Gasteiger partial charge is 0.0949 e. The molecule has 1 N–H and O–H groups in total. The second-order valence-electron chi connectivity index (χ2n) is 6.90. The average molecular weight is 356 g/mol. The zero-order chi connectivity index (χ0) is 15.9. The highest BCUT2D eigenvalue weighted by molar-refractivity contribution is 9.10. The van der Waals surface area contributed by atoms with Crippen LogP contribution in [0.5, 0.6) is 0 Å².